The molecule has 2 rings (SSSR count). The Morgan fingerprint density at radius 3 is 2.68 bits per heavy atom. The molecule has 0 atom stereocenters. The summed E-state index contributed by atoms with van der Waals surface area (Å²) in [6.07, 6.45) is 0. The van der Waals surface area contributed by atoms with Gasteiger partial charge in [0.2, 0.25) is 5.88 Å². The molecule has 5 nitrogen and oxygen atoms in total. The molecule has 7 heteroatoms. The number of hydrogen-bond donors (Lipinski definition) is 2. The lowest BCUT2D eigenvalue weighted by atomic mass is 10.3. The fraction of sp³-hybridized carbons (Fsp3) is 0. The minimum absolute atomic E-state index is 0.109. The second-order valence-electron chi connectivity index (χ2n) is 3.50. The molecule has 0 saturated heterocycles. The number of pyridine rings is 1. The van der Waals surface area contributed by atoms with Crippen molar-refractivity contribution in [1.82, 2.24) is 4.98 Å². The highest BCUT2D eigenvalue weighted by molar-refractivity contribution is 6.42. The third-order valence-electron chi connectivity index (χ3n) is 2.22. The molecular weight excluding hydrogens is 289 g/mol. The van der Waals surface area contributed by atoms with Crippen molar-refractivity contribution in [1.29, 1.82) is 0 Å². The van der Waals surface area contributed by atoms with Gasteiger partial charge in [0.25, 0.3) is 0 Å². The van der Waals surface area contributed by atoms with Crippen LogP contribution in [0.25, 0.3) is 0 Å². The topological polar surface area (TPSA) is 80.7 Å². The molecule has 1 aromatic carbocycles. The molecule has 0 saturated carbocycles. The molecule has 0 amide bonds. The van der Waals surface area contributed by atoms with E-state index in [1.165, 1.54) is 0 Å². The largest absolute Gasteiger partial charge is 0.437 e. The Hall–Kier alpha value is -1.98. The van der Waals surface area contributed by atoms with Gasteiger partial charge in [0.15, 0.2) is 5.84 Å². The summed E-state index contributed by atoms with van der Waals surface area (Å²) in [6.45, 7) is 0. The number of nitrogens with zero attached hydrogens (tertiary/aromatic N) is 2. The first-order valence-corrected chi connectivity index (χ1v) is 5.94. The Morgan fingerprint density at radius 1 is 1.21 bits per heavy atom. The van der Waals surface area contributed by atoms with Crippen LogP contribution >= 0.6 is 23.2 Å². The van der Waals surface area contributed by atoms with Gasteiger partial charge in [-0.25, -0.2) is 4.98 Å². The molecule has 0 radical (unpaired) electrons. The van der Waals surface area contributed by atoms with Gasteiger partial charge in [-0.15, -0.1) is 0 Å². The van der Waals surface area contributed by atoms with Gasteiger partial charge in [-0.05, 0) is 18.2 Å². The van der Waals surface area contributed by atoms with Crippen LogP contribution in [0.1, 0.15) is 5.69 Å². The van der Waals surface area contributed by atoms with Crippen molar-refractivity contribution in [3.63, 3.8) is 0 Å². The zero-order valence-corrected chi connectivity index (χ0v) is 11.1. The number of benzene rings is 1. The van der Waals surface area contributed by atoms with E-state index in [9.17, 15) is 0 Å². The van der Waals surface area contributed by atoms with Crippen molar-refractivity contribution in [3.05, 3.63) is 52.1 Å². The summed E-state index contributed by atoms with van der Waals surface area (Å²) in [5, 5.41) is 12.1. The summed E-state index contributed by atoms with van der Waals surface area (Å²) in [6, 6.07) is 9.88. The maximum Gasteiger partial charge on any atom is 0.219 e. The molecule has 19 heavy (non-hydrogen) atoms. The fourth-order valence-corrected chi connectivity index (χ4v) is 1.67. The van der Waals surface area contributed by atoms with E-state index in [1.807, 2.05) is 0 Å². The summed E-state index contributed by atoms with van der Waals surface area (Å²) < 4.78 is 5.51. The van der Waals surface area contributed by atoms with Crippen LogP contribution in [0.4, 0.5) is 0 Å². The normalized spacial score (nSPS) is 11.4. The van der Waals surface area contributed by atoms with Gasteiger partial charge in [-0.2, -0.15) is 0 Å². The molecule has 0 aliphatic rings. The lowest BCUT2D eigenvalue weighted by Gasteiger charge is -2.08. The molecule has 0 fully saturated rings. The van der Waals surface area contributed by atoms with Crippen LogP contribution in [-0.2, 0) is 0 Å². The van der Waals surface area contributed by atoms with Crippen LogP contribution in [0.15, 0.2) is 41.6 Å². The lowest BCUT2D eigenvalue weighted by Crippen LogP contribution is -2.14. The zero-order chi connectivity index (χ0) is 13.8. The van der Waals surface area contributed by atoms with E-state index in [4.69, 9.17) is 38.9 Å². The Bertz CT molecular complexity index is 632. The highest BCUT2D eigenvalue weighted by Gasteiger charge is 2.08. The summed E-state index contributed by atoms with van der Waals surface area (Å²) >= 11 is 11.9. The van der Waals surface area contributed by atoms with Crippen LogP contribution in [0.5, 0.6) is 11.6 Å². The quantitative estimate of drug-likeness (QED) is 0.394. The van der Waals surface area contributed by atoms with Gasteiger partial charge in [0.05, 0.1) is 5.02 Å². The highest BCUT2D eigenvalue weighted by Crippen LogP contribution is 2.33. The van der Waals surface area contributed by atoms with Crippen LogP contribution in [0, 0.1) is 0 Å². The molecule has 0 unspecified atom stereocenters. The Labute approximate surface area is 119 Å². The number of amidine groups is 1. The second-order valence-corrected chi connectivity index (χ2v) is 4.29. The molecule has 0 aliphatic heterocycles. The molecule has 98 valence electrons. The summed E-state index contributed by atoms with van der Waals surface area (Å²) in [5.74, 6) is 0.522. The van der Waals surface area contributed by atoms with Gasteiger partial charge in [0, 0.05) is 6.07 Å². The molecule has 0 aliphatic carbocycles. The highest BCUT2D eigenvalue weighted by atomic mass is 35.5. The van der Waals surface area contributed by atoms with E-state index >= 15 is 0 Å². The zero-order valence-electron chi connectivity index (χ0n) is 9.55. The van der Waals surface area contributed by atoms with Crippen LogP contribution in [0.3, 0.4) is 0 Å². The van der Waals surface area contributed by atoms with Crippen molar-refractivity contribution in [2.45, 2.75) is 0 Å². The predicted molar refractivity (Wildman–Crippen MR) is 73.3 cm³/mol. The first kappa shape index (κ1) is 13.5. The third-order valence-corrected chi connectivity index (χ3v) is 3.03. The SMILES string of the molecule is NC(=NO)c1cccc(Oc2cccc(Cl)c2Cl)n1. The van der Waals surface area contributed by atoms with E-state index in [-0.39, 0.29) is 17.4 Å². The number of halogens is 2. The Balaban J connectivity index is 2.31. The molecule has 2 aromatic rings. The molecule has 3 N–H and O–H groups in total. The van der Waals surface area contributed by atoms with E-state index in [0.29, 0.717) is 15.8 Å². The van der Waals surface area contributed by atoms with Crippen molar-refractivity contribution < 1.29 is 9.94 Å². The number of nitrogens with two attached hydrogens (primary N) is 1. The maximum absolute atomic E-state index is 8.59. The number of ether oxygens (including phenoxy) is 1. The summed E-state index contributed by atoms with van der Waals surface area (Å²) in [7, 11) is 0. The van der Waals surface area contributed by atoms with Gasteiger partial charge < -0.3 is 15.7 Å². The maximum atomic E-state index is 8.59. The Kier molecular flexibility index (Phi) is 4.09. The fourth-order valence-electron chi connectivity index (χ4n) is 1.34. The van der Waals surface area contributed by atoms with E-state index in [0.717, 1.165) is 0 Å². The minimum atomic E-state index is -0.109. The number of aromatic nitrogens is 1. The molecule has 0 bridgehead atoms. The first-order valence-electron chi connectivity index (χ1n) is 5.18. The summed E-state index contributed by atoms with van der Waals surface area (Å²) in [4.78, 5) is 4.07. The van der Waals surface area contributed by atoms with Crippen LogP contribution in [0.2, 0.25) is 10.0 Å². The van der Waals surface area contributed by atoms with Crippen LogP contribution in [-0.4, -0.2) is 16.0 Å². The Morgan fingerprint density at radius 2 is 1.95 bits per heavy atom. The van der Waals surface area contributed by atoms with Crippen molar-refractivity contribution in [3.8, 4) is 11.6 Å². The molecule has 1 heterocycles. The molecule has 1 aromatic heterocycles. The van der Waals surface area contributed by atoms with Gasteiger partial charge in [-0.1, -0.05) is 40.5 Å². The minimum Gasteiger partial charge on any atom is -0.437 e. The number of rotatable bonds is 3. The van der Waals surface area contributed by atoms with Crippen molar-refractivity contribution in [2.75, 3.05) is 0 Å². The van der Waals surface area contributed by atoms with Crippen molar-refractivity contribution >= 4 is 29.0 Å². The van der Waals surface area contributed by atoms with Gasteiger partial charge in [0.1, 0.15) is 16.5 Å². The second kappa shape index (κ2) is 5.77. The predicted octanol–water partition coefficient (Wildman–Crippen LogP) is 3.28. The van der Waals surface area contributed by atoms with Gasteiger partial charge >= 0.3 is 0 Å². The smallest absolute Gasteiger partial charge is 0.219 e. The average Bonchev–Trinajstić information content (AvgIpc) is 2.43. The lowest BCUT2D eigenvalue weighted by molar-refractivity contribution is 0.318. The first-order chi connectivity index (χ1) is 9.11. The summed E-state index contributed by atoms with van der Waals surface area (Å²) in [5.41, 5.74) is 5.74. The number of oxime groups is 1. The van der Waals surface area contributed by atoms with Crippen LogP contribution < -0.4 is 10.5 Å². The number of hydrogen-bond acceptors (Lipinski definition) is 4. The van der Waals surface area contributed by atoms with E-state index in [2.05, 4.69) is 10.1 Å². The third kappa shape index (κ3) is 3.07. The van der Waals surface area contributed by atoms with E-state index < -0.39 is 0 Å². The van der Waals surface area contributed by atoms with Crippen molar-refractivity contribution in [2.24, 2.45) is 10.9 Å². The standard InChI is InChI=1S/C12H9Cl2N3O2/c13-7-3-1-5-9(11(7)14)19-10-6-2-4-8(16-10)12(15)17-18/h1-6,18H,(H2,15,17). The average molecular weight is 298 g/mol. The monoisotopic (exact) mass is 297 g/mol. The molecular formula is C12H9Cl2N3O2. The van der Waals surface area contributed by atoms with Gasteiger partial charge in [-0.3, -0.25) is 0 Å². The van der Waals surface area contributed by atoms with E-state index in [1.54, 1.807) is 36.4 Å². The molecule has 0 spiro atoms.